The highest BCUT2D eigenvalue weighted by atomic mass is 16.1. The molecule has 0 fully saturated rings. The number of benzene rings is 1. The molecule has 0 bridgehead atoms. The van der Waals surface area contributed by atoms with Crippen LogP contribution in [0.15, 0.2) is 35.1 Å². The van der Waals surface area contributed by atoms with Gasteiger partial charge in [0.15, 0.2) is 5.65 Å². The zero-order valence-corrected chi connectivity index (χ0v) is 12.1. The minimum Gasteiger partial charge on any atom is -0.366 e. The molecule has 0 saturated carbocycles. The Labute approximate surface area is 121 Å². The minimum atomic E-state index is -0.266. The molecule has 3 rings (SSSR count). The van der Waals surface area contributed by atoms with E-state index in [0.29, 0.717) is 23.8 Å². The van der Waals surface area contributed by atoms with Crippen LogP contribution >= 0.6 is 0 Å². The Bertz CT molecular complexity index is 833. The van der Waals surface area contributed by atoms with Gasteiger partial charge in [-0.2, -0.15) is 5.10 Å². The van der Waals surface area contributed by atoms with Crippen molar-refractivity contribution in [2.75, 3.05) is 5.32 Å². The Hall–Kier alpha value is -2.63. The Morgan fingerprint density at radius 1 is 1.29 bits per heavy atom. The van der Waals surface area contributed by atoms with Gasteiger partial charge in [0.25, 0.3) is 0 Å². The van der Waals surface area contributed by atoms with E-state index in [4.69, 9.17) is 0 Å². The summed E-state index contributed by atoms with van der Waals surface area (Å²) in [7, 11) is 0. The predicted octanol–water partition coefficient (Wildman–Crippen LogP) is 1.90. The van der Waals surface area contributed by atoms with Crippen LogP contribution < -0.4 is 11.0 Å². The van der Waals surface area contributed by atoms with Gasteiger partial charge in [0, 0.05) is 12.6 Å². The molecule has 1 aromatic carbocycles. The quantitative estimate of drug-likeness (QED) is 0.767. The zero-order valence-electron chi connectivity index (χ0n) is 12.1. The molecule has 2 N–H and O–H groups in total. The fraction of sp³-hybridized carbons (Fsp3) is 0.267. The molecule has 2 aromatic heterocycles. The lowest BCUT2D eigenvalue weighted by Gasteiger charge is -2.10. The number of aromatic amines is 1. The molecule has 0 saturated heterocycles. The van der Waals surface area contributed by atoms with Gasteiger partial charge >= 0.3 is 5.69 Å². The van der Waals surface area contributed by atoms with Crippen molar-refractivity contribution in [3.63, 3.8) is 0 Å². The number of hydrogen-bond donors (Lipinski definition) is 2. The van der Waals surface area contributed by atoms with Gasteiger partial charge in [-0.3, -0.25) is 0 Å². The Morgan fingerprint density at radius 3 is 2.81 bits per heavy atom. The summed E-state index contributed by atoms with van der Waals surface area (Å²) in [5, 5.41) is 9.70. The van der Waals surface area contributed by atoms with E-state index < -0.39 is 0 Å². The highest BCUT2D eigenvalue weighted by Gasteiger charge is 2.07. The first-order valence-corrected chi connectivity index (χ1v) is 6.94. The number of hydrogen-bond acceptors (Lipinski definition) is 4. The highest BCUT2D eigenvalue weighted by Crippen LogP contribution is 2.13. The van der Waals surface area contributed by atoms with E-state index in [0.717, 1.165) is 6.42 Å². The fourth-order valence-electron chi connectivity index (χ4n) is 2.45. The van der Waals surface area contributed by atoms with Crippen LogP contribution in [0.4, 0.5) is 5.82 Å². The summed E-state index contributed by atoms with van der Waals surface area (Å²) in [6, 6.07) is 10.1. The molecular weight excluding hydrogens is 266 g/mol. The Morgan fingerprint density at radius 2 is 2.05 bits per heavy atom. The van der Waals surface area contributed by atoms with Gasteiger partial charge in [0.2, 0.25) is 0 Å². The Balaban J connectivity index is 1.87. The number of H-pyrrole nitrogens is 1. The summed E-state index contributed by atoms with van der Waals surface area (Å²) in [6.45, 7) is 4.62. The van der Waals surface area contributed by atoms with Crippen molar-refractivity contribution in [2.24, 2.45) is 0 Å². The van der Waals surface area contributed by atoms with E-state index in [9.17, 15) is 4.79 Å². The molecule has 0 aliphatic carbocycles. The second kappa shape index (κ2) is 5.40. The van der Waals surface area contributed by atoms with Gasteiger partial charge in [-0.25, -0.2) is 19.3 Å². The third-order valence-corrected chi connectivity index (χ3v) is 3.53. The van der Waals surface area contributed by atoms with Gasteiger partial charge in [0.05, 0.1) is 0 Å². The minimum absolute atomic E-state index is 0.266. The van der Waals surface area contributed by atoms with Gasteiger partial charge in [-0.05, 0) is 24.5 Å². The molecule has 6 heteroatoms. The molecular formula is C15H17N5O. The van der Waals surface area contributed by atoms with Crippen molar-refractivity contribution < 1.29 is 0 Å². The van der Waals surface area contributed by atoms with Gasteiger partial charge in [-0.15, -0.1) is 0 Å². The molecule has 0 radical (unpaired) electrons. The average molecular weight is 283 g/mol. The smallest absolute Gasteiger partial charge is 0.349 e. The van der Waals surface area contributed by atoms with E-state index >= 15 is 0 Å². The summed E-state index contributed by atoms with van der Waals surface area (Å²) < 4.78 is 1.45. The standard InChI is InChI=1S/C15H17N5O/c1-3-11-6-4-5-7-12(11)9-16-13-8-14-18-19-15(21)20(14)10(2)17-13/h4-8,16H,3,9H2,1-2H3,(H,19,21). The number of fused-ring (bicyclic) bond motifs is 1. The van der Waals surface area contributed by atoms with E-state index in [1.165, 1.54) is 15.5 Å². The van der Waals surface area contributed by atoms with Crippen LogP contribution in [-0.2, 0) is 13.0 Å². The molecule has 6 nitrogen and oxygen atoms in total. The SMILES string of the molecule is CCc1ccccc1CNc1cc2n[nH]c(=O)n2c(C)n1. The molecule has 3 aromatic rings. The first-order chi connectivity index (χ1) is 10.2. The first-order valence-electron chi connectivity index (χ1n) is 6.94. The second-order valence-corrected chi connectivity index (χ2v) is 4.89. The maximum atomic E-state index is 11.6. The zero-order chi connectivity index (χ0) is 14.8. The lowest BCUT2D eigenvalue weighted by molar-refractivity contribution is 0.929. The van der Waals surface area contributed by atoms with Crippen LogP contribution in [0.3, 0.4) is 0 Å². The topological polar surface area (TPSA) is 75.1 Å². The van der Waals surface area contributed by atoms with Crippen LogP contribution in [0.2, 0.25) is 0 Å². The lowest BCUT2D eigenvalue weighted by atomic mass is 10.1. The molecule has 0 aliphatic heterocycles. The van der Waals surface area contributed by atoms with Crippen molar-refractivity contribution in [1.29, 1.82) is 0 Å². The van der Waals surface area contributed by atoms with Gasteiger partial charge in [-0.1, -0.05) is 31.2 Å². The van der Waals surface area contributed by atoms with E-state index in [-0.39, 0.29) is 5.69 Å². The van der Waals surface area contributed by atoms with Crippen LogP contribution in [0, 0.1) is 6.92 Å². The van der Waals surface area contributed by atoms with Crippen molar-refractivity contribution in [3.05, 3.63) is 57.8 Å². The molecule has 0 unspecified atom stereocenters. The predicted molar refractivity (Wildman–Crippen MR) is 81.5 cm³/mol. The van der Waals surface area contributed by atoms with Crippen LogP contribution in [0.1, 0.15) is 23.9 Å². The summed E-state index contributed by atoms with van der Waals surface area (Å²) >= 11 is 0. The fourth-order valence-corrected chi connectivity index (χ4v) is 2.45. The van der Waals surface area contributed by atoms with Crippen LogP contribution in [-0.4, -0.2) is 19.6 Å². The molecule has 2 heterocycles. The van der Waals surface area contributed by atoms with Crippen LogP contribution in [0.25, 0.3) is 5.65 Å². The highest BCUT2D eigenvalue weighted by molar-refractivity contribution is 5.50. The number of anilines is 1. The summed E-state index contributed by atoms with van der Waals surface area (Å²) in [5.74, 6) is 1.32. The molecule has 0 atom stereocenters. The first kappa shape index (κ1) is 13.4. The number of aryl methyl sites for hydroxylation is 2. The number of aromatic nitrogens is 4. The van der Waals surface area contributed by atoms with Crippen molar-refractivity contribution in [1.82, 2.24) is 19.6 Å². The van der Waals surface area contributed by atoms with Crippen LogP contribution in [0.5, 0.6) is 0 Å². The normalized spacial score (nSPS) is 11.0. The Kier molecular flexibility index (Phi) is 3.43. The number of nitrogens with zero attached hydrogens (tertiary/aromatic N) is 3. The van der Waals surface area contributed by atoms with Gasteiger partial charge in [0.1, 0.15) is 11.6 Å². The third-order valence-electron chi connectivity index (χ3n) is 3.53. The molecule has 0 aliphatic rings. The second-order valence-electron chi connectivity index (χ2n) is 4.89. The summed E-state index contributed by atoms with van der Waals surface area (Å²) in [5.41, 5.74) is 2.87. The van der Waals surface area contributed by atoms with Crippen molar-refractivity contribution in [2.45, 2.75) is 26.8 Å². The number of rotatable bonds is 4. The maximum Gasteiger partial charge on any atom is 0.349 e. The molecule has 108 valence electrons. The monoisotopic (exact) mass is 283 g/mol. The molecule has 0 spiro atoms. The summed E-state index contributed by atoms with van der Waals surface area (Å²) in [6.07, 6.45) is 0.998. The average Bonchev–Trinajstić information content (AvgIpc) is 2.87. The number of nitrogens with one attached hydrogen (secondary N) is 2. The lowest BCUT2D eigenvalue weighted by Crippen LogP contribution is -2.14. The van der Waals surface area contributed by atoms with Crippen molar-refractivity contribution >= 4 is 11.5 Å². The third kappa shape index (κ3) is 2.52. The van der Waals surface area contributed by atoms with E-state index in [1.807, 2.05) is 12.1 Å². The molecule has 0 amide bonds. The van der Waals surface area contributed by atoms with E-state index in [2.05, 4.69) is 39.6 Å². The van der Waals surface area contributed by atoms with Crippen molar-refractivity contribution in [3.8, 4) is 0 Å². The molecule has 21 heavy (non-hydrogen) atoms. The van der Waals surface area contributed by atoms with E-state index in [1.54, 1.807) is 13.0 Å². The van der Waals surface area contributed by atoms with Gasteiger partial charge < -0.3 is 5.32 Å². The maximum absolute atomic E-state index is 11.6. The summed E-state index contributed by atoms with van der Waals surface area (Å²) in [4.78, 5) is 16.0. The largest absolute Gasteiger partial charge is 0.366 e.